The van der Waals surface area contributed by atoms with Gasteiger partial charge in [0.25, 0.3) is 0 Å². The molecule has 7 heteroatoms. The van der Waals surface area contributed by atoms with Crippen LogP contribution in [0.3, 0.4) is 0 Å². The number of amides is 2. The summed E-state index contributed by atoms with van der Waals surface area (Å²) in [6.07, 6.45) is 2.28. The van der Waals surface area contributed by atoms with Crippen LogP contribution in [0.1, 0.15) is 51.5 Å². The molecule has 2 atom stereocenters. The average molecular weight is 333 g/mol. The minimum Gasteiger partial charge on any atom is -0.438 e. The molecule has 1 heterocycles. The van der Waals surface area contributed by atoms with Crippen LogP contribution in [0.15, 0.2) is 28.7 Å². The van der Waals surface area contributed by atoms with E-state index < -0.39 is 17.9 Å². The van der Waals surface area contributed by atoms with Gasteiger partial charge in [-0.1, -0.05) is 31.9 Å². The maximum atomic E-state index is 12.5. The number of hydrogen-bond acceptors (Lipinski definition) is 5. The van der Waals surface area contributed by atoms with Gasteiger partial charge in [0.2, 0.25) is 17.7 Å². The van der Waals surface area contributed by atoms with Gasteiger partial charge >= 0.3 is 0 Å². The van der Waals surface area contributed by atoms with Gasteiger partial charge in [0.1, 0.15) is 11.6 Å². The molecule has 3 N–H and O–H groups in total. The number of carbonyl (C=O) groups excluding carboxylic acids is 2. The predicted molar refractivity (Wildman–Crippen MR) is 88.1 cm³/mol. The van der Waals surface area contributed by atoms with Crippen molar-refractivity contribution in [1.82, 2.24) is 15.8 Å². The summed E-state index contributed by atoms with van der Waals surface area (Å²) < 4.78 is 5.65. The van der Waals surface area contributed by atoms with Crippen molar-refractivity contribution in [3.05, 3.63) is 30.2 Å². The van der Waals surface area contributed by atoms with E-state index in [9.17, 15) is 9.59 Å². The summed E-state index contributed by atoms with van der Waals surface area (Å²) >= 11 is 0. The summed E-state index contributed by atoms with van der Waals surface area (Å²) in [5, 5.41) is 11.5. The molecule has 2 amide bonds. The highest BCUT2D eigenvalue weighted by molar-refractivity contribution is 5.85. The van der Waals surface area contributed by atoms with Gasteiger partial charge in [-0.2, -0.15) is 0 Å². The average Bonchev–Trinajstić information content (AvgIpc) is 3.02. The van der Waals surface area contributed by atoms with Crippen molar-refractivity contribution in [2.75, 3.05) is 0 Å². The Balaban J connectivity index is 2.04. The molecule has 0 unspecified atom stereocenters. The van der Waals surface area contributed by atoms with E-state index in [2.05, 4.69) is 10.3 Å². The molecular formula is C17H23N3O4. The second-order valence-corrected chi connectivity index (χ2v) is 5.83. The van der Waals surface area contributed by atoms with Crippen LogP contribution in [0, 0.1) is 5.92 Å². The fraction of sp³-hybridized carbons (Fsp3) is 0.471. The summed E-state index contributed by atoms with van der Waals surface area (Å²) in [5.74, 6) is -0.892. The molecule has 7 nitrogen and oxygen atoms in total. The van der Waals surface area contributed by atoms with E-state index in [0.29, 0.717) is 17.9 Å². The van der Waals surface area contributed by atoms with Crippen molar-refractivity contribution >= 4 is 22.9 Å². The number of nitrogens with zero attached hydrogens (tertiary/aromatic N) is 1. The number of hydrogen-bond donors (Lipinski definition) is 3. The highest BCUT2D eigenvalue weighted by Gasteiger charge is 2.24. The normalized spacial score (nSPS) is 13.5. The zero-order valence-electron chi connectivity index (χ0n) is 13.9. The van der Waals surface area contributed by atoms with E-state index in [0.717, 1.165) is 18.4 Å². The summed E-state index contributed by atoms with van der Waals surface area (Å²) in [6, 6.07) is 6.97. The molecule has 1 aromatic heterocycles. The molecule has 0 fully saturated rings. The molecule has 2 rings (SSSR count). The third-order valence-electron chi connectivity index (χ3n) is 3.87. The molecule has 0 saturated heterocycles. The number of nitrogens with one attached hydrogen (secondary N) is 2. The first-order valence-electron chi connectivity index (χ1n) is 8.14. The lowest BCUT2D eigenvalue weighted by Crippen LogP contribution is -2.35. The number of fused-ring (bicyclic) bond motifs is 1. The van der Waals surface area contributed by atoms with Crippen molar-refractivity contribution in [2.45, 2.75) is 45.6 Å². The molecule has 1 aromatic carbocycles. The topological polar surface area (TPSA) is 104 Å². The third kappa shape index (κ3) is 4.55. The number of carbonyl (C=O) groups is 2. The molecule has 0 aliphatic heterocycles. The van der Waals surface area contributed by atoms with Gasteiger partial charge in [-0.15, -0.1) is 0 Å². The number of aromatic nitrogens is 1. The lowest BCUT2D eigenvalue weighted by molar-refractivity contribution is -0.135. The second kappa shape index (κ2) is 8.44. The van der Waals surface area contributed by atoms with Crippen molar-refractivity contribution in [3.8, 4) is 0 Å². The van der Waals surface area contributed by atoms with Crippen molar-refractivity contribution < 1.29 is 19.2 Å². The number of hydroxylamine groups is 1. The predicted octanol–water partition coefficient (Wildman–Crippen LogP) is 2.71. The summed E-state index contributed by atoms with van der Waals surface area (Å²) in [7, 11) is 0. The van der Waals surface area contributed by atoms with E-state index in [1.807, 2.05) is 31.2 Å². The fourth-order valence-corrected chi connectivity index (χ4v) is 2.51. The number of rotatable bonds is 8. The monoisotopic (exact) mass is 333 g/mol. The summed E-state index contributed by atoms with van der Waals surface area (Å²) in [4.78, 5) is 28.2. The molecule has 24 heavy (non-hydrogen) atoms. The van der Waals surface area contributed by atoms with Crippen LogP contribution < -0.4 is 10.8 Å². The van der Waals surface area contributed by atoms with Crippen LogP contribution >= 0.6 is 0 Å². The number of unbranched alkanes of at least 4 members (excludes halogenated alkanes) is 1. The zero-order valence-corrected chi connectivity index (χ0v) is 13.9. The van der Waals surface area contributed by atoms with Crippen molar-refractivity contribution in [3.63, 3.8) is 0 Å². The lowest BCUT2D eigenvalue weighted by Gasteiger charge is -2.18. The lowest BCUT2D eigenvalue weighted by atomic mass is 9.97. The first-order chi connectivity index (χ1) is 11.5. The van der Waals surface area contributed by atoms with Gasteiger partial charge in [-0.3, -0.25) is 14.8 Å². The van der Waals surface area contributed by atoms with E-state index in [1.165, 1.54) is 0 Å². The number of oxazole rings is 1. The fourth-order valence-electron chi connectivity index (χ4n) is 2.51. The van der Waals surface area contributed by atoms with E-state index in [4.69, 9.17) is 9.62 Å². The largest absolute Gasteiger partial charge is 0.438 e. The quantitative estimate of drug-likeness (QED) is 0.509. The Morgan fingerprint density at radius 3 is 2.75 bits per heavy atom. The molecule has 0 spiro atoms. The molecule has 130 valence electrons. The molecule has 0 aliphatic carbocycles. The Bertz CT molecular complexity index is 665. The van der Waals surface area contributed by atoms with Gasteiger partial charge in [0.05, 0.1) is 0 Å². The first kappa shape index (κ1) is 17.9. The molecule has 0 aliphatic rings. The highest BCUT2D eigenvalue weighted by atomic mass is 16.5. The third-order valence-corrected chi connectivity index (χ3v) is 3.87. The van der Waals surface area contributed by atoms with Crippen LogP contribution in [0.25, 0.3) is 11.1 Å². The van der Waals surface area contributed by atoms with Crippen molar-refractivity contribution in [2.24, 2.45) is 5.92 Å². The van der Waals surface area contributed by atoms with Gasteiger partial charge < -0.3 is 9.73 Å². The van der Waals surface area contributed by atoms with Crippen LogP contribution in [-0.2, 0) is 9.59 Å². The Morgan fingerprint density at radius 1 is 1.33 bits per heavy atom. The molecular weight excluding hydrogens is 310 g/mol. The Hall–Kier alpha value is -2.41. The minimum atomic E-state index is -0.569. The Labute approximate surface area is 140 Å². The van der Waals surface area contributed by atoms with Crippen LogP contribution in [0.4, 0.5) is 0 Å². The molecule has 0 bridgehead atoms. The molecule has 0 radical (unpaired) electrons. The minimum absolute atomic E-state index is 0.0530. The molecule has 2 aromatic rings. The van der Waals surface area contributed by atoms with Crippen LogP contribution in [0.2, 0.25) is 0 Å². The van der Waals surface area contributed by atoms with Gasteiger partial charge in [0, 0.05) is 12.3 Å². The Kier molecular flexibility index (Phi) is 6.31. The van der Waals surface area contributed by atoms with E-state index in [-0.39, 0.29) is 12.3 Å². The second-order valence-electron chi connectivity index (χ2n) is 5.83. The molecule has 0 saturated carbocycles. The first-order valence-corrected chi connectivity index (χ1v) is 8.14. The smallest absolute Gasteiger partial charge is 0.244 e. The van der Waals surface area contributed by atoms with E-state index in [1.54, 1.807) is 12.4 Å². The van der Waals surface area contributed by atoms with Gasteiger partial charge in [-0.05, 0) is 25.5 Å². The maximum Gasteiger partial charge on any atom is 0.244 e. The highest BCUT2D eigenvalue weighted by Crippen LogP contribution is 2.21. The maximum absolute atomic E-state index is 12.5. The van der Waals surface area contributed by atoms with Crippen LogP contribution in [0.5, 0.6) is 0 Å². The number of benzene rings is 1. The Morgan fingerprint density at radius 2 is 2.08 bits per heavy atom. The SMILES string of the molecule is CCCC[C@H](CC(=O)NO)C(=O)N[C@@H](C)c1nc2ccccc2o1. The standard InChI is InChI=1S/C17H23N3O4/c1-3-4-7-12(10-15(21)20-23)16(22)18-11(2)17-19-13-8-5-6-9-14(13)24-17/h5-6,8-9,11-12,23H,3-4,7,10H2,1-2H3,(H,18,22)(H,20,21)/t11-,12+/m0/s1. The zero-order chi connectivity index (χ0) is 17.5. The van der Waals surface area contributed by atoms with Crippen LogP contribution in [-0.4, -0.2) is 22.0 Å². The van der Waals surface area contributed by atoms with Gasteiger partial charge in [-0.25, -0.2) is 10.5 Å². The summed E-state index contributed by atoms with van der Waals surface area (Å²) in [6.45, 7) is 3.80. The summed E-state index contributed by atoms with van der Waals surface area (Å²) in [5.41, 5.74) is 2.97. The van der Waals surface area contributed by atoms with E-state index >= 15 is 0 Å². The van der Waals surface area contributed by atoms with Gasteiger partial charge in [0.15, 0.2) is 5.58 Å². The van der Waals surface area contributed by atoms with Crippen molar-refractivity contribution in [1.29, 1.82) is 0 Å². The number of para-hydroxylation sites is 2.